The summed E-state index contributed by atoms with van der Waals surface area (Å²) in [5.74, 6) is 1.99. The van der Waals surface area contributed by atoms with Gasteiger partial charge in [0.25, 0.3) is 0 Å². The summed E-state index contributed by atoms with van der Waals surface area (Å²) >= 11 is 0. The number of hydrogen-bond acceptors (Lipinski definition) is 2. The fourth-order valence-electron chi connectivity index (χ4n) is 2.34. The van der Waals surface area contributed by atoms with Gasteiger partial charge in [-0.1, -0.05) is 6.92 Å². The van der Waals surface area contributed by atoms with E-state index in [1.165, 1.54) is 39.0 Å². The highest BCUT2D eigenvalue weighted by molar-refractivity contribution is 4.84. The zero-order valence-corrected chi connectivity index (χ0v) is 8.92. The van der Waals surface area contributed by atoms with Crippen molar-refractivity contribution >= 4 is 0 Å². The Hall–Kier alpha value is -0.0800. The molecule has 2 rings (SSSR count). The maximum Gasteiger partial charge on any atom is 0.0193 e. The first-order valence-corrected chi connectivity index (χ1v) is 5.72. The normalized spacial score (nSPS) is 33.2. The van der Waals surface area contributed by atoms with Gasteiger partial charge in [0, 0.05) is 32.2 Å². The predicted octanol–water partition coefficient (Wildman–Crippen LogP) is 1.33. The van der Waals surface area contributed by atoms with Crippen LogP contribution in [0.2, 0.25) is 0 Å². The molecule has 0 aromatic heterocycles. The monoisotopic (exact) mass is 182 g/mol. The molecule has 2 aliphatic rings. The molecule has 13 heavy (non-hydrogen) atoms. The van der Waals surface area contributed by atoms with Gasteiger partial charge in [-0.2, -0.15) is 0 Å². The molecule has 0 radical (unpaired) electrons. The number of rotatable bonds is 3. The van der Waals surface area contributed by atoms with Gasteiger partial charge < -0.3 is 5.32 Å². The summed E-state index contributed by atoms with van der Waals surface area (Å²) in [5, 5.41) is 3.44. The molecule has 0 aromatic carbocycles. The molecule has 0 aromatic rings. The molecule has 2 heteroatoms. The third kappa shape index (κ3) is 2.44. The van der Waals surface area contributed by atoms with Crippen LogP contribution in [0.15, 0.2) is 0 Å². The first-order chi connectivity index (χ1) is 6.27. The summed E-state index contributed by atoms with van der Waals surface area (Å²) in [6.45, 7) is 9.70. The van der Waals surface area contributed by atoms with Gasteiger partial charge in [-0.15, -0.1) is 0 Å². The molecule has 0 bridgehead atoms. The number of nitrogens with zero attached hydrogens (tertiary/aromatic N) is 1. The molecule has 76 valence electrons. The molecule has 1 aliphatic carbocycles. The molecule has 2 nitrogen and oxygen atoms in total. The topological polar surface area (TPSA) is 15.3 Å². The smallest absolute Gasteiger partial charge is 0.0193 e. The first-order valence-electron chi connectivity index (χ1n) is 5.72. The van der Waals surface area contributed by atoms with Crippen LogP contribution in [-0.4, -0.2) is 37.1 Å². The van der Waals surface area contributed by atoms with E-state index in [2.05, 4.69) is 24.1 Å². The number of hydrogen-bond donors (Lipinski definition) is 1. The third-order valence-electron chi connectivity index (χ3n) is 3.59. The predicted molar refractivity (Wildman–Crippen MR) is 55.8 cm³/mol. The first kappa shape index (κ1) is 9.47. The molecule has 2 fully saturated rings. The van der Waals surface area contributed by atoms with Crippen molar-refractivity contribution in [3.05, 3.63) is 0 Å². The molecule has 1 saturated heterocycles. The molecule has 1 heterocycles. The van der Waals surface area contributed by atoms with Gasteiger partial charge >= 0.3 is 0 Å². The van der Waals surface area contributed by atoms with Crippen LogP contribution in [0.5, 0.6) is 0 Å². The van der Waals surface area contributed by atoms with E-state index in [4.69, 9.17) is 0 Å². The van der Waals surface area contributed by atoms with Crippen molar-refractivity contribution in [1.29, 1.82) is 0 Å². The average Bonchev–Trinajstić information content (AvgIpc) is 2.91. The minimum Gasteiger partial charge on any atom is -0.314 e. The second-order valence-corrected chi connectivity index (χ2v) is 4.86. The minimum absolute atomic E-state index is 0.745. The van der Waals surface area contributed by atoms with E-state index in [1.807, 2.05) is 0 Å². The highest BCUT2D eigenvalue weighted by atomic mass is 15.2. The van der Waals surface area contributed by atoms with Gasteiger partial charge in [0.15, 0.2) is 0 Å². The molecular weight excluding hydrogens is 160 g/mol. The van der Waals surface area contributed by atoms with E-state index < -0.39 is 0 Å². The molecule has 2 unspecified atom stereocenters. The minimum atomic E-state index is 0.745. The van der Waals surface area contributed by atoms with Gasteiger partial charge in [-0.3, -0.25) is 4.90 Å². The second-order valence-electron chi connectivity index (χ2n) is 4.86. The van der Waals surface area contributed by atoms with E-state index in [-0.39, 0.29) is 0 Å². The zero-order chi connectivity index (χ0) is 9.26. The molecule has 1 N–H and O–H groups in total. The Bertz CT molecular complexity index is 165. The highest BCUT2D eigenvalue weighted by Crippen LogP contribution is 2.37. The van der Waals surface area contributed by atoms with Crippen molar-refractivity contribution in [3.8, 4) is 0 Å². The van der Waals surface area contributed by atoms with Gasteiger partial charge in [-0.25, -0.2) is 0 Å². The molecule has 0 amide bonds. The maximum atomic E-state index is 3.44. The quantitative estimate of drug-likeness (QED) is 0.708. The zero-order valence-electron chi connectivity index (χ0n) is 8.92. The van der Waals surface area contributed by atoms with Crippen molar-refractivity contribution in [3.63, 3.8) is 0 Å². The largest absolute Gasteiger partial charge is 0.314 e. The Kier molecular flexibility index (Phi) is 2.89. The van der Waals surface area contributed by atoms with Gasteiger partial charge in [0.1, 0.15) is 0 Å². The standard InChI is InChI=1S/C11H22N2/c1-9(11-3-4-11)8-13-6-5-12-7-10(13)2/h9-12H,3-8H2,1-2H3. The molecule has 2 atom stereocenters. The Morgan fingerprint density at radius 2 is 2.23 bits per heavy atom. The highest BCUT2D eigenvalue weighted by Gasteiger charge is 2.30. The van der Waals surface area contributed by atoms with Crippen molar-refractivity contribution in [1.82, 2.24) is 10.2 Å². The van der Waals surface area contributed by atoms with Crippen molar-refractivity contribution in [2.24, 2.45) is 11.8 Å². The lowest BCUT2D eigenvalue weighted by Gasteiger charge is -2.35. The van der Waals surface area contributed by atoms with Gasteiger partial charge in [0.05, 0.1) is 0 Å². The number of piperazine rings is 1. The summed E-state index contributed by atoms with van der Waals surface area (Å²) < 4.78 is 0. The fraction of sp³-hybridized carbons (Fsp3) is 1.00. The lowest BCUT2D eigenvalue weighted by Crippen LogP contribution is -2.51. The molecule has 0 spiro atoms. The van der Waals surface area contributed by atoms with Gasteiger partial charge in [0.2, 0.25) is 0 Å². The van der Waals surface area contributed by atoms with Crippen LogP contribution in [-0.2, 0) is 0 Å². The van der Waals surface area contributed by atoms with Crippen LogP contribution in [0.3, 0.4) is 0 Å². The van der Waals surface area contributed by atoms with E-state index >= 15 is 0 Å². The molecular formula is C11H22N2. The van der Waals surface area contributed by atoms with E-state index in [9.17, 15) is 0 Å². The van der Waals surface area contributed by atoms with Crippen molar-refractivity contribution < 1.29 is 0 Å². The van der Waals surface area contributed by atoms with E-state index in [0.717, 1.165) is 17.9 Å². The van der Waals surface area contributed by atoms with Crippen LogP contribution >= 0.6 is 0 Å². The third-order valence-corrected chi connectivity index (χ3v) is 3.59. The fourth-order valence-corrected chi connectivity index (χ4v) is 2.34. The summed E-state index contributed by atoms with van der Waals surface area (Å²) in [4.78, 5) is 2.65. The van der Waals surface area contributed by atoms with E-state index in [1.54, 1.807) is 0 Å². The number of nitrogens with one attached hydrogen (secondary N) is 1. The summed E-state index contributed by atoms with van der Waals surface area (Å²) in [5.41, 5.74) is 0. The Balaban J connectivity index is 1.77. The van der Waals surface area contributed by atoms with Crippen molar-refractivity contribution in [2.75, 3.05) is 26.2 Å². The average molecular weight is 182 g/mol. The summed E-state index contributed by atoms with van der Waals surface area (Å²) in [6.07, 6.45) is 2.98. The summed E-state index contributed by atoms with van der Waals surface area (Å²) in [6, 6.07) is 0.745. The van der Waals surface area contributed by atoms with Crippen LogP contribution in [0.25, 0.3) is 0 Å². The van der Waals surface area contributed by atoms with Crippen LogP contribution < -0.4 is 5.32 Å². The Morgan fingerprint density at radius 1 is 1.46 bits per heavy atom. The Morgan fingerprint density at radius 3 is 2.85 bits per heavy atom. The summed E-state index contributed by atoms with van der Waals surface area (Å²) in [7, 11) is 0. The van der Waals surface area contributed by atoms with Crippen LogP contribution in [0.4, 0.5) is 0 Å². The molecule has 1 aliphatic heterocycles. The van der Waals surface area contributed by atoms with Crippen LogP contribution in [0.1, 0.15) is 26.7 Å². The molecule has 1 saturated carbocycles. The van der Waals surface area contributed by atoms with Crippen molar-refractivity contribution in [2.45, 2.75) is 32.7 Å². The lowest BCUT2D eigenvalue weighted by atomic mass is 10.0. The van der Waals surface area contributed by atoms with Crippen LogP contribution in [0, 0.1) is 11.8 Å². The maximum absolute atomic E-state index is 3.44. The SMILES string of the molecule is CC(CN1CCNCC1C)C1CC1. The lowest BCUT2D eigenvalue weighted by molar-refractivity contribution is 0.146. The Labute approximate surface area is 81.7 Å². The second kappa shape index (κ2) is 3.97. The van der Waals surface area contributed by atoms with E-state index in [0.29, 0.717) is 0 Å². The van der Waals surface area contributed by atoms with Gasteiger partial charge in [-0.05, 0) is 31.6 Å².